The Kier molecular flexibility index (Phi) is 6.70. The first kappa shape index (κ1) is 29.7. The van der Waals surface area contributed by atoms with Crippen LogP contribution in [-0.4, -0.2) is 70.3 Å². The van der Waals surface area contributed by atoms with E-state index in [2.05, 4.69) is 33.1 Å². The summed E-state index contributed by atoms with van der Waals surface area (Å²) in [5.41, 5.74) is 6.57. The molecule has 4 aliphatic rings. The number of carbonyl (C=O) groups is 1. The molecule has 9 rings (SSSR count). The Morgan fingerprint density at radius 2 is 1.81 bits per heavy atom. The van der Waals surface area contributed by atoms with Crippen molar-refractivity contribution < 1.29 is 17.9 Å². The zero-order valence-corrected chi connectivity index (χ0v) is 28.4. The van der Waals surface area contributed by atoms with Crippen molar-refractivity contribution in [2.75, 3.05) is 30.3 Å². The van der Waals surface area contributed by atoms with Crippen LogP contribution in [0.4, 0.5) is 5.69 Å². The summed E-state index contributed by atoms with van der Waals surface area (Å²) in [6, 6.07) is 18.1. The largest absolute Gasteiger partial charge is 0.494 e. The number of carbonyl (C=O) groups excluding carboxylic acids is 1. The predicted octanol–water partition coefficient (Wildman–Crippen LogP) is 6.09. The molecule has 2 aliphatic heterocycles. The van der Waals surface area contributed by atoms with Crippen molar-refractivity contribution in [1.29, 1.82) is 0 Å². The summed E-state index contributed by atoms with van der Waals surface area (Å²) >= 11 is 0. The molecule has 2 bridgehead atoms. The zero-order valence-electron chi connectivity index (χ0n) is 27.6. The molecule has 248 valence electrons. The first-order chi connectivity index (χ1) is 23.2. The van der Waals surface area contributed by atoms with E-state index in [1.54, 1.807) is 7.11 Å². The second-order valence-electron chi connectivity index (χ2n) is 14.2. The predicted molar refractivity (Wildman–Crippen MR) is 187 cm³/mol. The van der Waals surface area contributed by atoms with Crippen molar-refractivity contribution in [3.05, 3.63) is 60.2 Å². The number of anilines is 1. The van der Waals surface area contributed by atoms with Gasteiger partial charge in [-0.3, -0.25) is 9.10 Å². The summed E-state index contributed by atoms with van der Waals surface area (Å²) in [5, 5.41) is 1.03. The van der Waals surface area contributed by atoms with Crippen molar-refractivity contribution in [1.82, 2.24) is 24.0 Å². The number of imidazole rings is 1. The fourth-order valence-electron chi connectivity index (χ4n) is 8.47. The van der Waals surface area contributed by atoms with E-state index in [1.807, 2.05) is 49.5 Å². The highest BCUT2D eigenvalue weighted by molar-refractivity contribution is 7.93. The van der Waals surface area contributed by atoms with E-state index >= 15 is 0 Å². The van der Waals surface area contributed by atoms with Crippen LogP contribution in [0.5, 0.6) is 5.75 Å². The lowest BCUT2D eigenvalue weighted by Gasteiger charge is -2.27. The van der Waals surface area contributed by atoms with Gasteiger partial charge in [-0.25, -0.2) is 18.4 Å². The summed E-state index contributed by atoms with van der Waals surface area (Å²) in [6.45, 7) is 4.48. The molecule has 2 aromatic carbocycles. The van der Waals surface area contributed by atoms with Gasteiger partial charge < -0.3 is 18.8 Å². The molecule has 2 unspecified atom stereocenters. The highest BCUT2D eigenvalue weighted by Crippen LogP contribution is 2.44. The summed E-state index contributed by atoms with van der Waals surface area (Å²) in [6.07, 6.45) is 5.33. The minimum absolute atomic E-state index is 0.0658. The van der Waals surface area contributed by atoms with E-state index in [0.29, 0.717) is 53.8 Å². The lowest BCUT2D eigenvalue weighted by atomic mass is 10.0. The van der Waals surface area contributed by atoms with Gasteiger partial charge in [-0.15, -0.1) is 0 Å². The number of piperidine rings is 1. The molecule has 2 aliphatic carbocycles. The second-order valence-corrected chi connectivity index (χ2v) is 16.3. The summed E-state index contributed by atoms with van der Waals surface area (Å²) in [5.74, 6) is 3.46. The van der Waals surface area contributed by atoms with Crippen LogP contribution in [0.1, 0.15) is 49.4 Å². The molecule has 2 saturated carbocycles. The molecule has 5 aromatic rings. The number of amides is 1. The number of aryl methyl sites for hydroxylation is 1. The van der Waals surface area contributed by atoms with Gasteiger partial charge in [-0.1, -0.05) is 19.1 Å². The lowest BCUT2D eigenvalue weighted by molar-refractivity contribution is 0.0696. The van der Waals surface area contributed by atoms with Crippen molar-refractivity contribution in [3.8, 4) is 28.5 Å². The molecule has 2 saturated heterocycles. The van der Waals surface area contributed by atoms with E-state index in [9.17, 15) is 13.2 Å². The molecular weight excluding hydrogens is 625 g/mol. The molecular formula is C37H40N6O4S. The summed E-state index contributed by atoms with van der Waals surface area (Å²) < 4.78 is 36.7. The quantitative estimate of drug-likeness (QED) is 0.209. The molecule has 0 spiro atoms. The molecule has 1 amide bonds. The Morgan fingerprint density at radius 3 is 2.48 bits per heavy atom. The van der Waals surface area contributed by atoms with Crippen molar-refractivity contribution >= 4 is 43.7 Å². The Morgan fingerprint density at radius 1 is 1.00 bits per heavy atom. The molecule has 3 aromatic heterocycles. The van der Waals surface area contributed by atoms with Crippen LogP contribution in [0.3, 0.4) is 0 Å². The van der Waals surface area contributed by atoms with E-state index in [0.717, 1.165) is 64.4 Å². The molecule has 4 fully saturated rings. The minimum atomic E-state index is -3.23. The van der Waals surface area contributed by atoms with Gasteiger partial charge in [0.1, 0.15) is 16.9 Å². The highest BCUT2D eigenvalue weighted by atomic mass is 32.2. The Labute approximate surface area is 280 Å². The molecule has 3 atom stereocenters. The first-order valence-corrected chi connectivity index (χ1v) is 18.8. The van der Waals surface area contributed by atoms with Gasteiger partial charge in [0, 0.05) is 49.2 Å². The maximum Gasteiger partial charge on any atom is 0.254 e. The van der Waals surface area contributed by atoms with Crippen LogP contribution in [0.25, 0.3) is 44.8 Å². The Bertz CT molecular complexity index is 2220. The summed E-state index contributed by atoms with van der Waals surface area (Å²) in [4.78, 5) is 26.2. The minimum Gasteiger partial charge on any atom is -0.494 e. The number of nitrogens with zero attached hydrogens (tertiary/aromatic N) is 6. The van der Waals surface area contributed by atoms with Gasteiger partial charge in [0.15, 0.2) is 5.82 Å². The molecule has 0 radical (unpaired) electrons. The SMILES string of the molecule is COc1cc(C(=O)N2CC3CCC2[C@@H]3C)cc2nc(-c3cc4ccc(-c5ccc(N6CCCS6(=O)=O)cc5)nc4n3CC3CC3)n(C)c12. The second kappa shape index (κ2) is 10.8. The van der Waals surface area contributed by atoms with Crippen LogP contribution in [0.2, 0.25) is 0 Å². The number of sulfonamides is 1. The normalized spacial score (nSPS) is 23.2. The van der Waals surface area contributed by atoms with Crippen LogP contribution < -0.4 is 9.04 Å². The number of likely N-dealkylation sites (tertiary alicyclic amines) is 1. The van der Waals surface area contributed by atoms with Gasteiger partial charge >= 0.3 is 0 Å². The van der Waals surface area contributed by atoms with Gasteiger partial charge in [0.25, 0.3) is 5.91 Å². The number of benzene rings is 2. The topological polar surface area (TPSA) is 103 Å². The van der Waals surface area contributed by atoms with Crippen molar-refractivity contribution in [3.63, 3.8) is 0 Å². The Hall–Kier alpha value is -4.38. The number of aromatic nitrogens is 4. The maximum absolute atomic E-state index is 13.8. The number of hydrogen-bond donors (Lipinski definition) is 0. The number of ether oxygens (including phenoxy) is 1. The first-order valence-electron chi connectivity index (χ1n) is 17.2. The number of fused-ring (bicyclic) bond motifs is 4. The molecule has 10 nitrogen and oxygen atoms in total. The molecule has 48 heavy (non-hydrogen) atoms. The third-order valence-corrected chi connectivity index (χ3v) is 13.2. The molecule has 11 heteroatoms. The van der Waals surface area contributed by atoms with Gasteiger partial charge in [0.05, 0.1) is 35.5 Å². The summed E-state index contributed by atoms with van der Waals surface area (Å²) in [7, 11) is 0.430. The standard InChI is InChI=1S/C37H40N6O4S/c1-22-26-10-14-31(22)42(21-26)37(44)27-17-30-34(33(19-27)47-3)40(2)36(39-30)32-18-25-9-13-29(38-35(25)41(32)20-23-5-6-23)24-7-11-28(12-8-24)43-15-4-16-48(43,45)46/h7-9,11-13,17-19,22-23,26,31H,4-6,10,14-16,20-21H2,1-3H3/t22-,26?,31?/m1/s1. The monoisotopic (exact) mass is 664 g/mol. The van der Waals surface area contributed by atoms with E-state index in [1.165, 1.54) is 23.6 Å². The highest BCUT2D eigenvalue weighted by Gasteiger charge is 2.46. The fourth-order valence-corrected chi connectivity index (χ4v) is 10.0. The number of rotatable bonds is 7. The fraction of sp³-hybridized carbons (Fsp3) is 0.432. The molecule has 5 heterocycles. The number of pyridine rings is 1. The van der Waals surface area contributed by atoms with Crippen LogP contribution >= 0.6 is 0 Å². The zero-order chi connectivity index (χ0) is 32.9. The molecule has 0 N–H and O–H groups in total. The van der Waals surface area contributed by atoms with Crippen molar-refractivity contribution in [2.24, 2.45) is 24.8 Å². The van der Waals surface area contributed by atoms with E-state index < -0.39 is 10.0 Å². The van der Waals surface area contributed by atoms with Crippen LogP contribution in [-0.2, 0) is 23.6 Å². The third kappa shape index (κ3) is 4.64. The third-order valence-electron chi connectivity index (χ3n) is 11.3. The number of hydrogen-bond acceptors (Lipinski definition) is 6. The van der Waals surface area contributed by atoms with Crippen molar-refractivity contribution in [2.45, 2.75) is 51.6 Å². The Balaban J connectivity index is 1.10. The van der Waals surface area contributed by atoms with E-state index in [-0.39, 0.29) is 11.7 Å². The van der Waals surface area contributed by atoms with Gasteiger partial charge in [-0.05, 0) is 92.3 Å². The average Bonchev–Trinajstić information content (AvgIpc) is 3.28. The van der Waals surface area contributed by atoms with E-state index in [4.69, 9.17) is 14.7 Å². The number of methoxy groups -OCH3 is 1. The van der Waals surface area contributed by atoms with Gasteiger partial charge in [-0.2, -0.15) is 0 Å². The smallest absolute Gasteiger partial charge is 0.254 e. The van der Waals surface area contributed by atoms with Gasteiger partial charge in [0.2, 0.25) is 10.0 Å². The van der Waals surface area contributed by atoms with Crippen LogP contribution in [0.15, 0.2) is 54.6 Å². The average molecular weight is 665 g/mol. The maximum atomic E-state index is 13.8. The lowest BCUT2D eigenvalue weighted by Crippen LogP contribution is -2.38. The van der Waals surface area contributed by atoms with Crippen LogP contribution in [0, 0.1) is 17.8 Å².